The van der Waals surface area contributed by atoms with Gasteiger partial charge in [0.1, 0.15) is 0 Å². The molecular weight excluding hydrogens is 174 g/mol. The molecule has 0 spiro atoms. The minimum absolute atomic E-state index is 0.429. The Hall–Kier alpha value is -0.0800. The highest BCUT2D eigenvalue weighted by atomic mass is 16.3. The van der Waals surface area contributed by atoms with Crippen LogP contribution in [-0.2, 0) is 0 Å². The van der Waals surface area contributed by atoms with Gasteiger partial charge in [-0.15, -0.1) is 0 Å². The molecule has 0 aromatic heterocycles. The van der Waals surface area contributed by atoms with Crippen molar-refractivity contribution in [2.24, 2.45) is 11.8 Å². The van der Waals surface area contributed by atoms with Gasteiger partial charge in [-0.25, -0.2) is 0 Å². The predicted molar refractivity (Wildman–Crippen MR) is 60.3 cm³/mol. The van der Waals surface area contributed by atoms with Gasteiger partial charge >= 0.3 is 0 Å². The maximum absolute atomic E-state index is 10.3. The van der Waals surface area contributed by atoms with Crippen LogP contribution in [0.5, 0.6) is 0 Å². The Morgan fingerprint density at radius 1 is 1.36 bits per heavy atom. The smallest absolute Gasteiger partial charge is 0.0774 e. The van der Waals surface area contributed by atoms with E-state index in [1.54, 1.807) is 0 Å². The zero-order valence-corrected chi connectivity index (χ0v) is 9.84. The number of nitrogens with one attached hydrogen (secondary N) is 1. The van der Waals surface area contributed by atoms with Crippen molar-refractivity contribution in [3.63, 3.8) is 0 Å². The van der Waals surface area contributed by atoms with Crippen molar-refractivity contribution in [1.82, 2.24) is 5.32 Å². The van der Waals surface area contributed by atoms with E-state index in [-0.39, 0.29) is 0 Å². The molecule has 0 radical (unpaired) electrons. The summed E-state index contributed by atoms with van der Waals surface area (Å²) < 4.78 is 0. The van der Waals surface area contributed by atoms with Crippen LogP contribution >= 0.6 is 0 Å². The van der Waals surface area contributed by atoms with Gasteiger partial charge in [-0.05, 0) is 44.1 Å². The van der Waals surface area contributed by atoms with Crippen LogP contribution < -0.4 is 5.32 Å². The summed E-state index contributed by atoms with van der Waals surface area (Å²) in [6, 6.07) is 0. The monoisotopic (exact) mass is 199 g/mol. The van der Waals surface area contributed by atoms with Crippen LogP contribution in [0.25, 0.3) is 0 Å². The molecule has 1 rings (SSSR count). The minimum atomic E-state index is -0.429. The van der Waals surface area contributed by atoms with E-state index in [0.717, 1.165) is 38.3 Å². The summed E-state index contributed by atoms with van der Waals surface area (Å²) in [7, 11) is 0. The maximum Gasteiger partial charge on any atom is 0.0774 e. The summed E-state index contributed by atoms with van der Waals surface area (Å²) in [4.78, 5) is 0. The lowest BCUT2D eigenvalue weighted by Crippen LogP contribution is -2.45. The van der Waals surface area contributed by atoms with Crippen LogP contribution in [-0.4, -0.2) is 23.8 Å². The number of rotatable bonds is 4. The van der Waals surface area contributed by atoms with Crippen molar-refractivity contribution in [3.05, 3.63) is 0 Å². The first-order valence-electron chi connectivity index (χ1n) is 6.00. The predicted octanol–water partition coefficient (Wildman–Crippen LogP) is 2.17. The fourth-order valence-electron chi connectivity index (χ4n) is 2.34. The highest BCUT2D eigenvalue weighted by Crippen LogP contribution is 2.35. The quantitative estimate of drug-likeness (QED) is 0.680. The molecule has 1 aliphatic rings. The van der Waals surface area contributed by atoms with Gasteiger partial charge in [0.15, 0.2) is 0 Å². The Morgan fingerprint density at radius 2 is 2.07 bits per heavy atom. The Kier molecular flexibility index (Phi) is 4.39. The summed E-state index contributed by atoms with van der Waals surface area (Å²) in [5.41, 5.74) is -0.429. The van der Waals surface area contributed by atoms with E-state index in [1.165, 1.54) is 6.42 Å². The first-order chi connectivity index (χ1) is 6.57. The van der Waals surface area contributed by atoms with Crippen LogP contribution in [0.4, 0.5) is 0 Å². The highest BCUT2D eigenvalue weighted by molar-refractivity contribution is 4.89. The molecule has 14 heavy (non-hydrogen) atoms. The highest BCUT2D eigenvalue weighted by Gasteiger charge is 2.35. The van der Waals surface area contributed by atoms with E-state index < -0.39 is 5.60 Å². The first-order valence-corrected chi connectivity index (χ1v) is 6.00. The zero-order chi connectivity index (χ0) is 10.6. The molecule has 1 fully saturated rings. The summed E-state index contributed by atoms with van der Waals surface area (Å²) >= 11 is 0. The van der Waals surface area contributed by atoms with E-state index in [0.29, 0.717) is 5.92 Å². The molecular formula is C12H25NO. The second-order valence-electron chi connectivity index (χ2n) is 5.10. The Labute approximate surface area is 88.1 Å². The summed E-state index contributed by atoms with van der Waals surface area (Å²) in [5.74, 6) is 1.44. The fraction of sp³-hybridized carbons (Fsp3) is 1.00. The van der Waals surface area contributed by atoms with Crippen LogP contribution in [0.3, 0.4) is 0 Å². The molecule has 0 aromatic rings. The average molecular weight is 199 g/mol. The number of aliphatic hydroxyl groups is 1. The molecule has 0 bridgehead atoms. The third-order valence-corrected chi connectivity index (χ3v) is 3.62. The SMILES string of the molecule is CCCNCC1(O)CCC(C)C(C)C1. The second-order valence-corrected chi connectivity index (χ2v) is 5.10. The molecule has 0 aliphatic heterocycles. The lowest BCUT2D eigenvalue weighted by molar-refractivity contribution is -0.0269. The van der Waals surface area contributed by atoms with Crippen molar-refractivity contribution in [2.75, 3.05) is 13.1 Å². The lowest BCUT2D eigenvalue weighted by atomic mass is 9.73. The Bertz CT molecular complexity index is 172. The van der Waals surface area contributed by atoms with Gasteiger partial charge < -0.3 is 10.4 Å². The minimum Gasteiger partial charge on any atom is -0.389 e. The molecule has 2 nitrogen and oxygen atoms in total. The van der Waals surface area contributed by atoms with Gasteiger partial charge in [-0.2, -0.15) is 0 Å². The third kappa shape index (κ3) is 3.25. The van der Waals surface area contributed by atoms with E-state index in [9.17, 15) is 5.11 Å². The molecule has 3 atom stereocenters. The van der Waals surface area contributed by atoms with Gasteiger partial charge in [-0.3, -0.25) is 0 Å². The summed E-state index contributed by atoms with van der Waals surface area (Å²) in [6.45, 7) is 8.51. The molecule has 0 aromatic carbocycles. The average Bonchev–Trinajstić information content (AvgIpc) is 2.13. The molecule has 2 N–H and O–H groups in total. The lowest BCUT2D eigenvalue weighted by Gasteiger charge is -2.39. The Morgan fingerprint density at radius 3 is 2.64 bits per heavy atom. The third-order valence-electron chi connectivity index (χ3n) is 3.62. The molecule has 0 saturated heterocycles. The number of hydrogen-bond donors (Lipinski definition) is 2. The van der Waals surface area contributed by atoms with Gasteiger partial charge in [0, 0.05) is 6.54 Å². The van der Waals surface area contributed by atoms with E-state index in [4.69, 9.17) is 0 Å². The molecule has 84 valence electrons. The molecule has 0 amide bonds. The van der Waals surface area contributed by atoms with Crippen LogP contribution in [0.2, 0.25) is 0 Å². The van der Waals surface area contributed by atoms with Crippen molar-refractivity contribution in [2.45, 2.75) is 52.1 Å². The van der Waals surface area contributed by atoms with Crippen molar-refractivity contribution in [1.29, 1.82) is 0 Å². The van der Waals surface area contributed by atoms with E-state index >= 15 is 0 Å². The van der Waals surface area contributed by atoms with Gasteiger partial charge in [-0.1, -0.05) is 20.8 Å². The van der Waals surface area contributed by atoms with Crippen molar-refractivity contribution < 1.29 is 5.11 Å². The summed E-state index contributed by atoms with van der Waals surface area (Å²) in [6.07, 6.45) is 4.24. The standard InChI is InChI=1S/C12H25NO/c1-4-7-13-9-12(14)6-5-10(2)11(3)8-12/h10-11,13-14H,4-9H2,1-3H3. The first kappa shape index (κ1) is 12.0. The van der Waals surface area contributed by atoms with Gasteiger partial charge in [0.25, 0.3) is 0 Å². The molecule has 1 saturated carbocycles. The maximum atomic E-state index is 10.3. The second kappa shape index (κ2) is 5.13. The van der Waals surface area contributed by atoms with Crippen LogP contribution in [0, 0.1) is 11.8 Å². The summed E-state index contributed by atoms with van der Waals surface area (Å²) in [5, 5.41) is 13.7. The topological polar surface area (TPSA) is 32.3 Å². The van der Waals surface area contributed by atoms with E-state index in [1.807, 2.05) is 0 Å². The van der Waals surface area contributed by atoms with Crippen LogP contribution in [0.15, 0.2) is 0 Å². The zero-order valence-electron chi connectivity index (χ0n) is 9.84. The van der Waals surface area contributed by atoms with Crippen molar-refractivity contribution >= 4 is 0 Å². The van der Waals surface area contributed by atoms with Gasteiger partial charge in [0.05, 0.1) is 5.60 Å². The molecule has 2 heteroatoms. The fourth-order valence-corrected chi connectivity index (χ4v) is 2.34. The molecule has 3 unspecified atom stereocenters. The number of hydrogen-bond acceptors (Lipinski definition) is 2. The Balaban J connectivity index is 2.34. The van der Waals surface area contributed by atoms with Crippen molar-refractivity contribution in [3.8, 4) is 0 Å². The largest absolute Gasteiger partial charge is 0.389 e. The van der Waals surface area contributed by atoms with Crippen LogP contribution in [0.1, 0.15) is 46.5 Å². The normalized spacial score (nSPS) is 38.6. The molecule has 1 aliphatic carbocycles. The van der Waals surface area contributed by atoms with E-state index in [2.05, 4.69) is 26.1 Å². The molecule has 0 heterocycles. The van der Waals surface area contributed by atoms with Gasteiger partial charge in [0.2, 0.25) is 0 Å².